The van der Waals surface area contributed by atoms with Crippen molar-refractivity contribution in [3.8, 4) is 0 Å². The molecule has 6 heteroatoms. The summed E-state index contributed by atoms with van der Waals surface area (Å²) in [5.41, 5.74) is 7.13. The smallest absolute Gasteiger partial charge is 0.243 e. The van der Waals surface area contributed by atoms with Crippen LogP contribution in [0.15, 0.2) is 23.1 Å². The first-order chi connectivity index (χ1) is 8.43. The average molecular weight is 286 g/mol. The SMILES string of the molecule is Cc1cc(S(=O)(=O)N(C)C2CCSC2)ccc1N. The fourth-order valence-electron chi connectivity index (χ4n) is 1.98. The van der Waals surface area contributed by atoms with Crippen molar-refractivity contribution in [1.82, 2.24) is 4.31 Å². The van der Waals surface area contributed by atoms with Crippen molar-refractivity contribution in [2.45, 2.75) is 24.3 Å². The molecule has 1 heterocycles. The summed E-state index contributed by atoms with van der Waals surface area (Å²) >= 11 is 1.80. The Bertz CT molecular complexity index is 537. The summed E-state index contributed by atoms with van der Waals surface area (Å²) in [6, 6.07) is 4.98. The number of sulfonamides is 1. The van der Waals surface area contributed by atoms with Crippen LogP contribution >= 0.6 is 11.8 Å². The van der Waals surface area contributed by atoms with Crippen LogP contribution in [0, 0.1) is 6.92 Å². The van der Waals surface area contributed by atoms with Gasteiger partial charge in [-0.15, -0.1) is 0 Å². The number of rotatable bonds is 3. The number of hydrogen-bond acceptors (Lipinski definition) is 4. The Morgan fingerprint density at radius 1 is 1.44 bits per heavy atom. The van der Waals surface area contributed by atoms with E-state index < -0.39 is 10.0 Å². The van der Waals surface area contributed by atoms with E-state index in [9.17, 15) is 8.42 Å². The maximum absolute atomic E-state index is 12.5. The largest absolute Gasteiger partial charge is 0.399 e. The van der Waals surface area contributed by atoms with Crippen molar-refractivity contribution < 1.29 is 8.42 Å². The van der Waals surface area contributed by atoms with Gasteiger partial charge in [0.2, 0.25) is 10.0 Å². The molecule has 1 saturated heterocycles. The van der Waals surface area contributed by atoms with Gasteiger partial charge in [-0.05, 0) is 42.9 Å². The molecule has 0 aromatic heterocycles. The Hall–Kier alpha value is -0.720. The monoisotopic (exact) mass is 286 g/mol. The molecule has 0 saturated carbocycles. The first-order valence-corrected chi connectivity index (χ1v) is 8.44. The molecule has 0 amide bonds. The van der Waals surface area contributed by atoms with Gasteiger partial charge in [0, 0.05) is 24.5 Å². The van der Waals surface area contributed by atoms with Gasteiger partial charge >= 0.3 is 0 Å². The highest BCUT2D eigenvalue weighted by molar-refractivity contribution is 7.99. The normalized spacial score (nSPS) is 20.5. The first-order valence-electron chi connectivity index (χ1n) is 5.85. The molecule has 1 unspecified atom stereocenters. The molecule has 1 aromatic carbocycles. The van der Waals surface area contributed by atoms with E-state index in [0.717, 1.165) is 23.5 Å². The minimum Gasteiger partial charge on any atom is -0.399 e. The molecule has 2 N–H and O–H groups in total. The Morgan fingerprint density at radius 3 is 2.72 bits per heavy atom. The number of aryl methyl sites for hydroxylation is 1. The molecule has 100 valence electrons. The number of nitrogens with two attached hydrogens (primary N) is 1. The van der Waals surface area contributed by atoms with Crippen molar-refractivity contribution in [3.05, 3.63) is 23.8 Å². The Morgan fingerprint density at radius 2 is 2.17 bits per heavy atom. The average Bonchev–Trinajstić information content (AvgIpc) is 2.85. The predicted molar refractivity (Wildman–Crippen MR) is 76.3 cm³/mol. The number of benzene rings is 1. The lowest BCUT2D eigenvalue weighted by Gasteiger charge is -2.23. The number of anilines is 1. The molecule has 2 rings (SSSR count). The van der Waals surface area contributed by atoms with Gasteiger partial charge in [0.15, 0.2) is 0 Å². The summed E-state index contributed by atoms with van der Waals surface area (Å²) < 4.78 is 26.4. The lowest BCUT2D eigenvalue weighted by atomic mass is 10.2. The molecular formula is C12H18N2O2S2. The molecule has 1 aromatic rings. The zero-order valence-corrected chi connectivity index (χ0v) is 12.2. The van der Waals surface area contributed by atoms with Crippen LogP contribution in [0.1, 0.15) is 12.0 Å². The zero-order chi connectivity index (χ0) is 13.3. The third-order valence-corrected chi connectivity index (χ3v) is 6.39. The van der Waals surface area contributed by atoms with E-state index in [4.69, 9.17) is 5.73 Å². The summed E-state index contributed by atoms with van der Waals surface area (Å²) in [4.78, 5) is 0.327. The lowest BCUT2D eigenvalue weighted by Crippen LogP contribution is -2.36. The van der Waals surface area contributed by atoms with E-state index in [0.29, 0.717) is 10.6 Å². The molecule has 0 spiro atoms. The summed E-state index contributed by atoms with van der Waals surface area (Å²) in [6.45, 7) is 1.82. The van der Waals surface area contributed by atoms with Crippen LogP contribution in [-0.4, -0.2) is 37.3 Å². The second-order valence-electron chi connectivity index (χ2n) is 4.56. The number of nitrogen functional groups attached to an aromatic ring is 1. The molecule has 1 fully saturated rings. The topological polar surface area (TPSA) is 63.4 Å². The number of hydrogen-bond donors (Lipinski definition) is 1. The highest BCUT2D eigenvalue weighted by Crippen LogP contribution is 2.27. The standard InChI is InChI=1S/C12H18N2O2S2/c1-9-7-11(3-4-12(9)13)18(15,16)14(2)10-5-6-17-8-10/h3-4,7,10H,5-6,8,13H2,1-2H3. The minimum atomic E-state index is -3.40. The molecular weight excluding hydrogens is 268 g/mol. The fraction of sp³-hybridized carbons (Fsp3) is 0.500. The van der Waals surface area contributed by atoms with E-state index >= 15 is 0 Å². The van der Waals surface area contributed by atoms with Gasteiger partial charge in [-0.3, -0.25) is 0 Å². The Balaban J connectivity index is 2.32. The molecule has 0 radical (unpaired) electrons. The van der Waals surface area contributed by atoms with Gasteiger partial charge in [-0.25, -0.2) is 8.42 Å². The van der Waals surface area contributed by atoms with E-state index in [1.165, 1.54) is 4.31 Å². The molecule has 18 heavy (non-hydrogen) atoms. The number of nitrogens with zero attached hydrogens (tertiary/aromatic N) is 1. The van der Waals surface area contributed by atoms with Crippen molar-refractivity contribution >= 4 is 27.5 Å². The van der Waals surface area contributed by atoms with Crippen LogP contribution in [0.25, 0.3) is 0 Å². The van der Waals surface area contributed by atoms with Gasteiger partial charge in [0.1, 0.15) is 0 Å². The molecule has 0 bridgehead atoms. The molecule has 4 nitrogen and oxygen atoms in total. The van der Waals surface area contributed by atoms with E-state index in [-0.39, 0.29) is 6.04 Å². The first kappa shape index (κ1) is 13.7. The van der Waals surface area contributed by atoms with Crippen molar-refractivity contribution in [3.63, 3.8) is 0 Å². The van der Waals surface area contributed by atoms with Crippen LogP contribution in [0.4, 0.5) is 5.69 Å². The summed E-state index contributed by atoms with van der Waals surface area (Å²) in [5, 5.41) is 0. The maximum atomic E-state index is 12.5. The van der Waals surface area contributed by atoms with Gasteiger partial charge in [0.05, 0.1) is 4.90 Å². The van der Waals surface area contributed by atoms with Crippen LogP contribution in [0.5, 0.6) is 0 Å². The second-order valence-corrected chi connectivity index (χ2v) is 7.70. The molecule has 0 aliphatic carbocycles. The quantitative estimate of drug-likeness (QED) is 0.859. The fourth-order valence-corrected chi connectivity index (χ4v) is 4.81. The highest BCUT2D eigenvalue weighted by Gasteiger charge is 2.30. The Kier molecular flexibility index (Phi) is 3.89. The van der Waals surface area contributed by atoms with E-state index in [2.05, 4.69) is 0 Å². The predicted octanol–water partition coefficient (Wildman–Crippen LogP) is 1.70. The molecule has 1 aliphatic heterocycles. The van der Waals surface area contributed by atoms with E-state index in [1.54, 1.807) is 37.0 Å². The van der Waals surface area contributed by atoms with Gasteiger partial charge in [0.25, 0.3) is 0 Å². The van der Waals surface area contributed by atoms with Crippen molar-refractivity contribution in [2.24, 2.45) is 0 Å². The van der Waals surface area contributed by atoms with E-state index in [1.807, 2.05) is 6.92 Å². The zero-order valence-electron chi connectivity index (χ0n) is 10.6. The van der Waals surface area contributed by atoms with Gasteiger partial charge in [-0.2, -0.15) is 16.1 Å². The van der Waals surface area contributed by atoms with Crippen LogP contribution in [-0.2, 0) is 10.0 Å². The van der Waals surface area contributed by atoms with Crippen LogP contribution < -0.4 is 5.73 Å². The summed E-state index contributed by atoms with van der Waals surface area (Å²) in [6.07, 6.45) is 0.925. The third-order valence-electron chi connectivity index (χ3n) is 3.34. The Labute approximate surface area is 113 Å². The maximum Gasteiger partial charge on any atom is 0.243 e. The highest BCUT2D eigenvalue weighted by atomic mass is 32.2. The van der Waals surface area contributed by atoms with Gasteiger partial charge < -0.3 is 5.73 Å². The van der Waals surface area contributed by atoms with Crippen LogP contribution in [0.3, 0.4) is 0 Å². The second kappa shape index (κ2) is 5.11. The van der Waals surface area contributed by atoms with Crippen molar-refractivity contribution in [2.75, 3.05) is 24.3 Å². The minimum absolute atomic E-state index is 0.109. The molecule has 1 aliphatic rings. The molecule has 1 atom stereocenters. The third kappa shape index (κ3) is 2.50. The van der Waals surface area contributed by atoms with Crippen LogP contribution in [0.2, 0.25) is 0 Å². The summed E-state index contributed by atoms with van der Waals surface area (Å²) in [7, 11) is -1.73. The van der Waals surface area contributed by atoms with Crippen molar-refractivity contribution in [1.29, 1.82) is 0 Å². The lowest BCUT2D eigenvalue weighted by molar-refractivity contribution is 0.394. The summed E-state index contributed by atoms with van der Waals surface area (Å²) in [5.74, 6) is 1.91. The number of thioether (sulfide) groups is 1. The van der Waals surface area contributed by atoms with Gasteiger partial charge in [-0.1, -0.05) is 0 Å².